The Balaban J connectivity index is 2.02. The van der Waals surface area contributed by atoms with Gasteiger partial charge in [-0.3, -0.25) is 9.69 Å². The van der Waals surface area contributed by atoms with Crippen LogP contribution in [0, 0.1) is 0 Å². The fraction of sp³-hybridized carbons (Fsp3) is 0.786. The number of carbonyl (C=O) groups excluding carboxylic acids is 1. The maximum absolute atomic E-state index is 11.5. The molecule has 2 aliphatic carbocycles. The molecule has 3 heteroatoms. The fourth-order valence-electron chi connectivity index (χ4n) is 3.04. The quantitative estimate of drug-likeness (QED) is 0.556. The minimum Gasteiger partial charge on any atom is -0.468 e. The third kappa shape index (κ3) is 3.32. The highest BCUT2D eigenvalue weighted by Crippen LogP contribution is 2.28. The van der Waals surface area contributed by atoms with Crippen molar-refractivity contribution in [2.24, 2.45) is 0 Å². The summed E-state index contributed by atoms with van der Waals surface area (Å²) in [4.78, 5) is 13.9. The Morgan fingerprint density at radius 3 is 2.65 bits per heavy atom. The lowest BCUT2D eigenvalue weighted by Gasteiger charge is -2.35. The third-order valence-electron chi connectivity index (χ3n) is 3.99. The SMILES string of the molecule is COC(=O)CN(C1C=CCCC1)C1CCCC1. The van der Waals surface area contributed by atoms with Crippen LogP contribution in [0.2, 0.25) is 0 Å². The molecule has 0 amide bonds. The van der Waals surface area contributed by atoms with E-state index < -0.39 is 0 Å². The maximum atomic E-state index is 11.5. The van der Waals surface area contributed by atoms with Crippen molar-refractivity contribution in [2.45, 2.75) is 57.0 Å². The van der Waals surface area contributed by atoms with Crippen molar-refractivity contribution < 1.29 is 9.53 Å². The van der Waals surface area contributed by atoms with Gasteiger partial charge in [-0.2, -0.15) is 0 Å². The molecule has 1 atom stereocenters. The van der Waals surface area contributed by atoms with Crippen LogP contribution in [0.15, 0.2) is 12.2 Å². The Kier molecular flexibility index (Phi) is 4.60. The van der Waals surface area contributed by atoms with Crippen LogP contribution in [0.4, 0.5) is 0 Å². The lowest BCUT2D eigenvalue weighted by atomic mass is 9.99. The highest BCUT2D eigenvalue weighted by molar-refractivity contribution is 5.71. The first kappa shape index (κ1) is 12.6. The third-order valence-corrected chi connectivity index (χ3v) is 3.99. The van der Waals surface area contributed by atoms with Gasteiger partial charge in [0, 0.05) is 12.1 Å². The number of rotatable bonds is 4. The molecule has 0 bridgehead atoms. The monoisotopic (exact) mass is 237 g/mol. The van der Waals surface area contributed by atoms with E-state index in [0.717, 1.165) is 0 Å². The number of ether oxygens (including phenoxy) is 1. The van der Waals surface area contributed by atoms with Crippen molar-refractivity contribution in [2.75, 3.05) is 13.7 Å². The maximum Gasteiger partial charge on any atom is 0.319 e. The number of carbonyl (C=O) groups is 1. The predicted molar refractivity (Wildman–Crippen MR) is 67.8 cm³/mol. The van der Waals surface area contributed by atoms with Gasteiger partial charge in [-0.25, -0.2) is 0 Å². The highest BCUT2D eigenvalue weighted by Gasteiger charge is 2.29. The highest BCUT2D eigenvalue weighted by atomic mass is 16.5. The van der Waals surface area contributed by atoms with Crippen molar-refractivity contribution in [3.63, 3.8) is 0 Å². The van der Waals surface area contributed by atoms with Crippen molar-refractivity contribution >= 4 is 5.97 Å². The molecule has 0 saturated heterocycles. The van der Waals surface area contributed by atoms with Crippen LogP contribution < -0.4 is 0 Å². The molecule has 0 aromatic carbocycles. The second kappa shape index (κ2) is 6.20. The number of methoxy groups -OCH3 is 1. The first-order chi connectivity index (χ1) is 8.31. The van der Waals surface area contributed by atoms with E-state index in [1.165, 1.54) is 52.1 Å². The molecule has 1 unspecified atom stereocenters. The zero-order chi connectivity index (χ0) is 12.1. The molecule has 0 aromatic rings. The molecule has 0 N–H and O–H groups in total. The fourth-order valence-corrected chi connectivity index (χ4v) is 3.04. The summed E-state index contributed by atoms with van der Waals surface area (Å²) in [6, 6.07) is 1.03. The van der Waals surface area contributed by atoms with E-state index in [2.05, 4.69) is 17.1 Å². The summed E-state index contributed by atoms with van der Waals surface area (Å²) < 4.78 is 4.83. The summed E-state index contributed by atoms with van der Waals surface area (Å²) in [5.41, 5.74) is 0. The number of hydrogen-bond acceptors (Lipinski definition) is 3. The van der Waals surface area contributed by atoms with E-state index in [9.17, 15) is 4.79 Å². The molecule has 2 rings (SSSR count). The number of esters is 1. The van der Waals surface area contributed by atoms with Crippen molar-refractivity contribution in [3.05, 3.63) is 12.2 Å². The first-order valence-corrected chi connectivity index (χ1v) is 6.80. The van der Waals surface area contributed by atoms with Gasteiger partial charge in [0.2, 0.25) is 0 Å². The number of hydrogen-bond donors (Lipinski definition) is 0. The van der Waals surface area contributed by atoms with Crippen molar-refractivity contribution in [3.8, 4) is 0 Å². The van der Waals surface area contributed by atoms with Crippen LogP contribution in [0.1, 0.15) is 44.9 Å². The van der Waals surface area contributed by atoms with Gasteiger partial charge in [0.15, 0.2) is 0 Å². The number of allylic oxidation sites excluding steroid dienone is 1. The Morgan fingerprint density at radius 1 is 1.29 bits per heavy atom. The van der Waals surface area contributed by atoms with Crippen LogP contribution in [0.5, 0.6) is 0 Å². The van der Waals surface area contributed by atoms with Gasteiger partial charge in [-0.1, -0.05) is 25.0 Å². The molecule has 3 nitrogen and oxygen atoms in total. The predicted octanol–water partition coefficient (Wildman–Crippen LogP) is 2.51. The molecule has 0 spiro atoms. The summed E-state index contributed by atoms with van der Waals surface area (Å²) in [6.07, 6.45) is 13.2. The van der Waals surface area contributed by atoms with Gasteiger partial charge in [-0.15, -0.1) is 0 Å². The van der Waals surface area contributed by atoms with E-state index in [1.807, 2.05) is 0 Å². The minimum atomic E-state index is -0.101. The first-order valence-electron chi connectivity index (χ1n) is 6.80. The van der Waals surface area contributed by atoms with Crippen LogP contribution in [-0.2, 0) is 9.53 Å². The average Bonchev–Trinajstić information content (AvgIpc) is 2.90. The topological polar surface area (TPSA) is 29.5 Å². The molecule has 0 aliphatic heterocycles. The lowest BCUT2D eigenvalue weighted by molar-refractivity contribution is -0.143. The van der Waals surface area contributed by atoms with E-state index in [4.69, 9.17) is 4.74 Å². The second-order valence-corrected chi connectivity index (χ2v) is 5.11. The molecule has 2 aliphatic rings. The Labute approximate surface area is 104 Å². The molecule has 1 fully saturated rings. The second-order valence-electron chi connectivity index (χ2n) is 5.11. The summed E-state index contributed by atoms with van der Waals surface area (Å²) >= 11 is 0. The standard InChI is InChI=1S/C14H23NO2/c1-17-14(16)11-15(13-9-5-6-10-13)12-7-3-2-4-8-12/h3,7,12-13H,2,4-6,8-11H2,1H3. The zero-order valence-electron chi connectivity index (χ0n) is 10.7. The van der Waals surface area contributed by atoms with Crippen molar-refractivity contribution in [1.29, 1.82) is 0 Å². The van der Waals surface area contributed by atoms with Crippen LogP contribution in [0.25, 0.3) is 0 Å². The van der Waals surface area contributed by atoms with Crippen LogP contribution in [-0.4, -0.2) is 36.6 Å². The Bertz CT molecular complexity index is 282. The molecule has 1 saturated carbocycles. The molecule has 96 valence electrons. The summed E-state index contributed by atoms with van der Waals surface area (Å²) in [5, 5.41) is 0. The van der Waals surface area contributed by atoms with Gasteiger partial charge in [0.25, 0.3) is 0 Å². The minimum absolute atomic E-state index is 0.101. The largest absolute Gasteiger partial charge is 0.468 e. The van der Waals surface area contributed by atoms with Crippen molar-refractivity contribution in [1.82, 2.24) is 4.90 Å². The summed E-state index contributed by atoms with van der Waals surface area (Å²) in [6.45, 7) is 0.455. The lowest BCUT2D eigenvalue weighted by Crippen LogP contribution is -2.45. The Morgan fingerprint density at radius 2 is 2.06 bits per heavy atom. The summed E-state index contributed by atoms with van der Waals surface area (Å²) in [7, 11) is 1.48. The van der Waals surface area contributed by atoms with Gasteiger partial charge >= 0.3 is 5.97 Å². The van der Waals surface area contributed by atoms with E-state index in [-0.39, 0.29) is 5.97 Å². The zero-order valence-corrected chi connectivity index (χ0v) is 10.7. The summed E-state index contributed by atoms with van der Waals surface area (Å²) in [5.74, 6) is -0.101. The molecule has 0 aromatic heterocycles. The van der Waals surface area contributed by atoms with Crippen LogP contribution >= 0.6 is 0 Å². The average molecular weight is 237 g/mol. The van der Waals surface area contributed by atoms with E-state index in [0.29, 0.717) is 18.6 Å². The van der Waals surface area contributed by atoms with Gasteiger partial charge in [-0.05, 0) is 32.1 Å². The van der Waals surface area contributed by atoms with E-state index >= 15 is 0 Å². The molecular formula is C14H23NO2. The van der Waals surface area contributed by atoms with Gasteiger partial charge < -0.3 is 4.74 Å². The number of nitrogens with zero attached hydrogens (tertiary/aromatic N) is 1. The molecular weight excluding hydrogens is 214 g/mol. The van der Waals surface area contributed by atoms with Gasteiger partial charge in [0.05, 0.1) is 13.7 Å². The molecule has 0 radical (unpaired) electrons. The van der Waals surface area contributed by atoms with E-state index in [1.54, 1.807) is 0 Å². The normalized spacial score (nSPS) is 25.4. The molecule has 0 heterocycles. The smallest absolute Gasteiger partial charge is 0.319 e. The van der Waals surface area contributed by atoms with Crippen LogP contribution in [0.3, 0.4) is 0 Å². The Hall–Kier alpha value is -0.830. The molecule has 17 heavy (non-hydrogen) atoms. The van der Waals surface area contributed by atoms with Gasteiger partial charge in [0.1, 0.15) is 0 Å².